The number of anilines is 1. The summed E-state index contributed by atoms with van der Waals surface area (Å²) in [6.07, 6.45) is 2.85. The summed E-state index contributed by atoms with van der Waals surface area (Å²) < 4.78 is 4.24. The van der Waals surface area contributed by atoms with Crippen LogP contribution in [0.4, 0.5) is 10.5 Å². The van der Waals surface area contributed by atoms with Crippen LogP contribution in [0.3, 0.4) is 0 Å². The molecule has 3 aromatic carbocycles. The van der Waals surface area contributed by atoms with Crippen molar-refractivity contribution in [2.75, 3.05) is 5.32 Å². The van der Waals surface area contributed by atoms with Gasteiger partial charge in [0.05, 0.1) is 29.7 Å². The Kier molecular flexibility index (Phi) is 6.31. The first kappa shape index (κ1) is 24.7. The van der Waals surface area contributed by atoms with Crippen LogP contribution < -0.4 is 5.32 Å². The molecule has 1 atom stereocenters. The topological polar surface area (TPSA) is 55.1 Å². The molecule has 5 aromatic rings. The molecule has 3 heterocycles. The van der Waals surface area contributed by atoms with Crippen LogP contribution in [-0.4, -0.2) is 25.3 Å². The summed E-state index contributed by atoms with van der Waals surface area (Å²) in [7, 11) is 0. The Morgan fingerprint density at radius 3 is 2.49 bits per heavy atom. The van der Waals surface area contributed by atoms with Gasteiger partial charge >= 0.3 is 6.03 Å². The molecule has 39 heavy (non-hydrogen) atoms. The third kappa shape index (κ3) is 4.42. The number of urea groups is 1. The van der Waals surface area contributed by atoms with Crippen molar-refractivity contribution in [1.82, 2.24) is 19.2 Å². The predicted molar refractivity (Wildman–Crippen MR) is 156 cm³/mol. The summed E-state index contributed by atoms with van der Waals surface area (Å²) in [6, 6.07) is 28.6. The second-order valence-corrected chi connectivity index (χ2v) is 10.3. The molecule has 0 fully saturated rings. The van der Waals surface area contributed by atoms with E-state index in [2.05, 4.69) is 84.5 Å². The maximum absolute atomic E-state index is 14.2. The monoisotopic (exact) mass is 515 g/mol. The van der Waals surface area contributed by atoms with Gasteiger partial charge in [0.25, 0.3) is 0 Å². The van der Waals surface area contributed by atoms with E-state index in [0.29, 0.717) is 6.54 Å². The minimum absolute atomic E-state index is 0.134. The van der Waals surface area contributed by atoms with Gasteiger partial charge in [0.2, 0.25) is 0 Å². The lowest BCUT2D eigenvalue weighted by Gasteiger charge is -2.31. The fourth-order valence-electron chi connectivity index (χ4n) is 5.60. The number of hydrogen-bond acceptors (Lipinski definition) is 2. The van der Waals surface area contributed by atoms with Crippen molar-refractivity contribution in [3.8, 4) is 11.5 Å². The van der Waals surface area contributed by atoms with Crippen LogP contribution >= 0.6 is 0 Å². The van der Waals surface area contributed by atoms with E-state index in [4.69, 9.17) is 5.10 Å². The van der Waals surface area contributed by atoms with Gasteiger partial charge < -0.3 is 14.8 Å². The number of aryl methyl sites for hydroxylation is 4. The standard InChI is InChI=1S/C33H33N5O/c1-5-28-27-21-37(33(39)34-29-20-23(3)16-17-24(29)4)31(25-12-9-11-22(2)19-25)30-15-10-18-36(30)32(27)38(35-28)26-13-7-6-8-14-26/h6-20,31H,5,21H2,1-4H3,(H,34,39)/t31-/m1/s1. The van der Waals surface area contributed by atoms with Gasteiger partial charge in [0, 0.05) is 17.4 Å². The number of aromatic nitrogens is 3. The zero-order valence-corrected chi connectivity index (χ0v) is 22.8. The van der Waals surface area contributed by atoms with Crippen molar-refractivity contribution in [1.29, 1.82) is 0 Å². The van der Waals surface area contributed by atoms with Gasteiger partial charge in [-0.1, -0.05) is 67.1 Å². The molecule has 1 N–H and O–H groups in total. The smallest absolute Gasteiger partial charge is 0.308 e. The van der Waals surface area contributed by atoms with Crippen LogP contribution in [0.25, 0.3) is 11.5 Å². The molecule has 1 aliphatic rings. The zero-order valence-electron chi connectivity index (χ0n) is 22.8. The highest BCUT2D eigenvalue weighted by Gasteiger charge is 2.36. The van der Waals surface area contributed by atoms with Crippen LogP contribution in [0, 0.1) is 20.8 Å². The number of fused-ring (bicyclic) bond motifs is 3. The van der Waals surface area contributed by atoms with Crippen molar-refractivity contribution >= 4 is 11.7 Å². The Bertz CT molecular complexity index is 1660. The highest BCUT2D eigenvalue weighted by molar-refractivity contribution is 5.91. The van der Waals surface area contributed by atoms with E-state index in [9.17, 15) is 4.79 Å². The predicted octanol–water partition coefficient (Wildman–Crippen LogP) is 7.29. The van der Waals surface area contributed by atoms with Gasteiger partial charge in [-0.25, -0.2) is 9.48 Å². The molecule has 1 aliphatic heterocycles. The molecule has 2 aromatic heterocycles. The van der Waals surface area contributed by atoms with Crippen molar-refractivity contribution < 1.29 is 4.79 Å². The molecule has 6 rings (SSSR count). The summed E-state index contributed by atoms with van der Waals surface area (Å²) in [5.74, 6) is 0.984. The Morgan fingerprint density at radius 1 is 0.923 bits per heavy atom. The van der Waals surface area contributed by atoms with Gasteiger partial charge in [-0.05, 0) is 74.2 Å². The molecule has 0 saturated heterocycles. The number of carbonyl (C=O) groups is 1. The number of para-hydroxylation sites is 1. The van der Waals surface area contributed by atoms with Gasteiger partial charge in [-0.3, -0.25) is 0 Å². The first-order chi connectivity index (χ1) is 18.9. The minimum Gasteiger partial charge on any atom is -0.308 e. The Balaban J connectivity index is 1.56. The second kappa shape index (κ2) is 9.95. The molecule has 0 saturated carbocycles. The van der Waals surface area contributed by atoms with Crippen LogP contribution in [0.1, 0.15) is 52.2 Å². The summed E-state index contributed by atoms with van der Waals surface area (Å²) in [4.78, 5) is 16.2. The first-order valence-electron chi connectivity index (χ1n) is 13.5. The van der Waals surface area contributed by atoms with Crippen LogP contribution in [0.2, 0.25) is 0 Å². The third-order valence-corrected chi connectivity index (χ3v) is 7.56. The summed E-state index contributed by atoms with van der Waals surface area (Å²) in [6.45, 7) is 8.72. The van der Waals surface area contributed by atoms with E-state index in [1.165, 1.54) is 0 Å². The highest BCUT2D eigenvalue weighted by atomic mass is 16.2. The summed E-state index contributed by atoms with van der Waals surface area (Å²) >= 11 is 0. The zero-order chi connectivity index (χ0) is 27.1. The van der Waals surface area contributed by atoms with Crippen molar-refractivity contribution in [3.05, 3.63) is 130 Å². The van der Waals surface area contributed by atoms with E-state index >= 15 is 0 Å². The van der Waals surface area contributed by atoms with E-state index in [1.807, 2.05) is 53.8 Å². The molecule has 0 radical (unpaired) electrons. The van der Waals surface area contributed by atoms with Gasteiger partial charge in [0.1, 0.15) is 5.82 Å². The van der Waals surface area contributed by atoms with Gasteiger partial charge in [0.15, 0.2) is 0 Å². The molecule has 0 unspecified atom stereocenters. The average Bonchev–Trinajstić information content (AvgIpc) is 3.52. The number of nitrogens with zero attached hydrogens (tertiary/aromatic N) is 4. The lowest BCUT2D eigenvalue weighted by atomic mass is 10.00. The quantitative estimate of drug-likeness (QED) is 0.273. The molecule has 6 heteroatoms. The van der Waals surface area contributed by atoms with E-state index in [0.717, 1.165) is 62.8 Å². The molecular weight excluding hydrogens is 482 g/mol. The van der Waals surface area contributed by atoms with E-state index in [1.54, 1.807) is 0 Å². The number of nitrogens with one attached hydrogen (secondary N) is 1. The van der Waals surface area contributed by atoms with Crippen molar-refractivity contribution in [2.24, 2.45) is 0 Å². The number of benzene rings is 3. The van der Waals surface area contributed by atoms with Crippen LogP contribution in [0.5, 0.6) is 0 Å². The van der Waals surface area contributed by atoms with Gasteiger partial charge in [-0.15, -0.1) is 0 Å². The minimum atomic E-state index is -0.286. The molecular formula is C33H33N5O. The van der Waals surface area contributed by atoms with Crippen LogP contribution in [-0.2, 0) is 13.0 Å². The fourth-order valence-corrected chi connectivity index (χ4v) is 5.60. The number of hydrogen-bond donors (Lipinski definition) is 1. The van der Waals surface area contributed by atoms with Crippen molar-refractivity contribution in [3.63, 3.8) is 0 Å². The summed E-state index contributed by atoms with van der Waals surface area (Å²) in [5.41, 5.74) is 9.28. The lowest BCUT2D eigenvalue weighted by molar-refractivity contribution is 0.194. The Morgan fingerprint density at radius 2 is 1.72 bits per heavy atom. The van der Waals surface area contributed by atoms with Crippen LogP contribution in [0.15, 0.2) is 91.1 Å². The maximum Gasteiger partial charge on any atom is 0.322 e. The molecule has 0 bridgehead atoms. The number of rotatable bonds is 4. The molecule has 196 valence electrons. The largest absolute Gasteiger partial charge is 0.322 e. The number of carbonyl (C=O) groups excluding carboxylic acids is 1. The van der Waals surface area contributed by atoms with E-state index < -0.39 is 0 Å². The van der Waals surface area contributed by atoms with E-state index in [-0.39, 0.29) is 12.1 Å². The maximum atomic E-state index is 14.2. The molecule has 0 spiro atoms. The summed E-state index contributed by atoms with van der Waals surface area (Å²) in [5, 5.41) is 8.30. The highest BCUT2D eigenvalue weighted by Crippen LogP contribution is 2.39. The second-order valence-electron chi connectivity index (χ2n) is 10.3. The molecule has 6 nitrogen and oxygen atoms in total. The first-order valence-corrected chi connectivity index (χ1v) is 13.5. The average molecular weight is 516 g/mol. The molecule has 0 aliphatic carbocycles. The van der Waals surface area contributed by atoms with Crippen molar-refractivity contribution in [2.45, 2.75) is 46.7 Å². The van der Waals surface area contributed by atoms with Gasteiger partial charge in [-0.2, -0.15) is 5.10 Å². The third-order valence-electron chi connectivity index (χ3n) is 7.56. The SMILES string of the molecule is CCc1nn(-c2ccccc2)c2c1CN(C(=O)Nc1cc(C)ccc1C)[C@H](c1cccc(C)c1)c1cccn1-2. The fraction of sp³-hybridized carbons (Fsp3) is 0.212. The normalized spacial score (nSPS) is 14.5. The Labute approximate surface area is 229 Å². The Hall–Kier alpha value is -4.58. The molecule has 2 amide bonds. The lowest BCUT2D eigenvalue weighted by Crippen LogP contribution is -2.38. The number of amides is 2.